The number of nitrogen functional groups attached to an aromatic ring is 1. The van der Waals surface area contributed by atoms with Crippen molar-refractivity contribution in [3.05, 3.63) is 52.2 Å². The van der Waals surface area contributed by atoms with Gasteiger partial charge in [0.2, 0.25) is 5.91 Å². The van der Waals surface area contributed by atoms with Crippen LogP contribution in [0.4, 0.5) is 5.69 Å². The van der Waals surface area contributed by atoms with Crippen molar-refractivity contribution in [3.8, 4) is 0 Å². The molecule has 1 heterocycles. The predicted octanol–water partition coefficient (Wildman–Crippen LogP) is 2.96. The number of likely N-dealkylation sites (N-methyl/N-ethyl adjacent to an activating group) is 1. The van der Waals surface area contributed by atoms with Crippen LogP contribution in [0.25, 0.3) is 0 Å². The van der Waals surface area contributed by atoms with Crippen molar-refractivity contribution in [2.24, 2.45) is 0 Å². The summed E-state index contributed by atoms with van der Waals surface area (Å²) in [5.74, 6) is 0.193. The minimum absolute atomic E-state index is 0.193. The molecule has 3 nitrogen and oxygen atoms in total. The Kier molecular flexibility index (Phi) is 5.18. The summed E-state index contributed by atoms with van der Waals surface area (Å²) in [7, 11) is 1.87. The molecule has 0 spiro atoms. The summed E-state index contributed by atoms with van der Waals surface area (Å²) in [4.78, 5) is 15.2. The average molecular weight is 288 g/mol. The highest BCUT2D eigenvalue weighted by Gasteiger charge is 2.09. The highest BCUT2D eigenvalue weighted by atomic mass is 32.1. The van der Waals surface area contributed by atoms with Gasteiger partial charge < -0.3 is 10.6 Å². The maximum Gasteiger partial charge on any atom is 0.222 e. The van der Waals surface area contributed by atoms with Crippen molar-refractivity contribution < 1.29 is 4.79 Å². The second-order valence-electron chi connectivity index (χ2n) is 4.89. The SMILES string of the molecule is CN(CCc1cccs1)C(=O)CCc1ccc(N)cc1. The number of carbonyl (C=O) groups excluding carboxylic acids is 1. The Balaban J connectivity index is 1.74. The number of benzene rings is 1. The smallest absolute Gasteiger partial charge is 0.222 e. The first-order valence-electron chi connectivity index (χ1n) is 6.76. The number of nitrogens with two attached hydrogens (primary N) is 1. The standard InChI is InChI=1S/C16H20N2OS/c1-18(11-10-15-3-2-12-20-15)16(19)9-6-13-4-7-14(17)8-5-13/h2-5,7-8,12H,6,9-11,17H2,1H3. The van der Waals surface area contributed by atoms with E-state index in [2.05, 4.69) is 11.4 Å². The predicted molar refractivity (Wildman–Crippen MR) is 84.8 cm³/mol. The first kappa shape index (κ1) is 14.6. The third kappa shape index (κ3) is 4.38. The number of aryl methyl sites for hydroxylation is 1. The van der Waals surface area contributed by atoms with Crippen LogP contribution in [-0.4, -0.2) is 24.4 Å². The zero-order valence-electron chi connectivity index (χ0n) is 11.7. The molecule has 2 aromatic rings. The van der Waals surface area contributed by atoms with E-state index < -0.39 is 0 Å². The lowest BCUT2D eigenvalue weighted by Crippen LogP contribution is -2.28. The van der Waals surface area contributed by atoms with Gasteiger partial charge in [-0.25, -0.2) is 0 Å². The van der Waals surface area contributed by atoms with E-state index >= 15 is 0 Å². The largest absolute Gasteiger partial charge is 0.399 e. The Bertz CT molecular complexity index is 534. The first-order chi connectivity index (χ1) is 9.65. The number of amides is 1. The zero-order chi connectivity index (χ0) is 14.4. The molecule has 0 saturated heterocycles. The van der Waals surface area contributed by atoms with Crippen LogP contribution in [0.1, 0.15) is 16.9 Å². The van der Waals surface area contributed by atoms with Crippen molar-refractivity contribution in [1.82, 2.24) is 4.90 Å². The number of thiophene rings is 1. The van der Waals surface area contributed by atoms with Crippen LogP contribution in [0.2, 0.25) is 0 Å². The molecule has 1 aromatic heterocycles. The molecule has 0 aliphatic heterocycles. The lowest BCUT2D eigenvalue weighted by atomic mass is 10.1. The molecule has 0 aliphatic rings. The molecule has 0 radical (unpaired) electrons. The number of rotatable bonds is 6. The number of nitrogens with zero attached hydrogens (tertiary/aromatic N) is 1. The Hall–Kier alpha value is -1.81. The van der Waals surface area contributed by atoms with Crippen LogP contribution in [0, 0.1) is 0 Å². The highest BCUT2D eigenvalue weighted by molar-refractivity contribution is 7.09. The van der Waals surface area contributed by atoms with Crippen molar-refractivity contribution >= 4 is 22.9 Å². The topological polar surface area (TPSA) is 46.3 Å². The lowest BCUT2D eigenvalue weighted by Gasteiger charge is -2.16. The minimum Gasteiger partial charge on any atom is -0.399 e. The van der Waals surface area contributed by atoms with Crippen molar-refractivity contribution in [2.45, 2.75) is 19.3 Å². The molecule has 20 heavy (non-hydrogen) atoms. The molecule has 0 bridgehead atoms. The fourth-order valence-electron chi connectivity index (χ4n) is 1.98. The average Bonchev–Trinajstić information content (AvgIpc) is 2.97. The van der Waals surface area contributed by atoms with Gasteiger partial charge in [-0.3, -0.25) is 4.79 Å². The molecule has 1 aromatic carbocycles. The lowest BCUT2D eigenvalue weighted by molar-refractivity contribution is -0.129. The monoisotopic (exact) mass is 288 g/mol. The molecular weight excluding hydrogens is 268 g/mol. The molecule has 2 N–H and O–H groups in total. The van der Waals surface area contributed by atoms with Crippen molar-refractivity contribution in [3.63, 3.8) is 0 Å². The fourth-order valence-corrected chi connectivity index (χ4v) is 2.68. The van der Waals surface area contributed by atoms with E-state index in [-0.39, 0.29) is 5.91 Å². The van der Waals surface area contributed by atoms with Crippen LogP contribution in [0.15, 0.2) is 41.8 Å². The fraction of sp³-hybridized carbons (Fsp3) is 0.312. The van der Waals surface area contributed by atoms with Gasteiger partial charge in [-0.1, -0.05) is 18.2 Å². The van der Waals surface area contributed by atoms with Crippen molar-refractivity contribution in [2.75, 3.05) is 19.3 Å². The van der Waals surface area contributed by atoms with E-state index in [4.69, 9.17) is 5.73 Å². The van der Waals surface area contributed by atoms with Crippen LogP contribution in [0.3, 0.4) is 0 Å². The maximum atomic E-state index is 12.0. The molecule has 0 saturated carbocycles. The van der Waals surface area contributed by atoms with Gasteiger partial charge in [0, 0.05) is 30.6 Å². The summed E-state index contributed by atoms with van der Waals surface area (Å²) in [5, 5.41) is 2.07. The van der Waals surface area contributed by atoms with E-state index in [9.17, 15) is 4.79 Å². The second-order valence-corrected chi connectivity index (χ2v) is 5.92. The molecule has 2 rings (SSSR count). The molecular formula is C16H20N2OS. The molecule has 0 atom stereocenters. The van der Waals surface area contributed by atoms with E-state index in [1.54, 1.807) is 11.3 Å². The molecule has 106 valence electrons. The van der Waals surface area contributed by atoms with Crippen LogP contribution in [-0.2, 0) is 17.6 Å². The normalized spacial score (nSPS) is 10.4. The molecule has 0 unspecified atom stereocenters. The van der Waals surface area contributed by atoms with E-state index in [0.29, 0.717) is 6.42 Å². The molecule has 1 amide bonds. The third-order valence-electron chi connectivity index (χ3n) is 3.31. The van der Waals surface area contributed by atoms with Crippen molar-refractivity contribution in [1.29, 1.82) is 0 Å². The van der Waals surface area contributed by atoms with E-state index in [1.165, 1.54) is 4.88 Å². The third-order valence-corrected chi connectivity index (χ3v) is 4.24. The molecule has 0 aliphatic carbocycles. The number of hydrogen-bond acceptors (Lipinski definition) is 3. The highest BCUT2D eigenvalue weighted by Crippen LogP contribution is 2.11. The summed E-state index contributed by atoms with van der Waals surface area (Å²) in [5.41, 5.74) is 7.55. The molecule has 4 heteroatoms. The Morgan fingerprint density at radius 3 is 2.60 bits per heavy atom. The summed E-state index contributed by atoms with van der Waals surface area (Å²) >= 11 is 1.74. The van der Waals surface area contributed by atoms with E-state index in [0.717, 1.165) is 30.6 Å². The van der Waals surface area contributed by atoms with Gasteiger partial charge in [-0.15, -0.1) is 11.3 Å². The molecule has 0 fully saturated rings. The van der Waals surface area contributed by atoms with Gasteiger partial charge in [-0.05, 0) is 42.0 Å². The Morgan fingerprint density at radius 1 is 1.20 bits per heavy atom. The van der Waals surface area contributed by atoms with Crippen LogP contribution in [0.5, 0.6) is 0 Å². The Labute approximate surface area is 124 Å². The summed E-state index contributed by atoms with van der Waals surface area (Å²) < 4.78 is 0. The summed E-state index contributed by atoms with van der Waals surface area (Å²) in [6.07, 6.45) is 2.25. The van der Waals surface area contributed by atoms with Gasteiger partial charge in [0.15, 0.2) is 0 Å². The summed E-state index contributed by atoms with van der Waals surface area (Å²) in [6.45, 7) is 0.779. The Morgan fingerprint density at radius 2 is 1.95 bits per heavy atom. The van der Waals surface area contributed by atoms with Gasteiger partial charge in [0.1, 0.15) is 0 Å². The maximum absolute atomic E-state index is 12.0. The summed E-state index contributed by atoms with van der Waals surface area (Å²) in [6, 6.07) is 11.9. The van der Waals surface area contributed by atoms with Gasteiger partial charge in [0.25, 0.3) is 0 Å². The van der Waals surface area contributed by atoms with Crippen LogP contribution < -0.4 is 5.73 Å². The second kappa shape index (κ2) is 7.10. The minimum atomic E-state index is 0.193. The van der Waals surface area contributed by atoms with Crippen LogP contribution >= 0.6 is 11.3 Å². The van der Waals surface area contributed by atoms with Gasteiger partial charge >= 0.3 is 0 Å². The number of carbonyl (C=O) groups is 1. The van der Waals surface area contributed by atoms with E-state index in [1.807, 2.05) is 42.3 Å². The first-order valence-corrected chi connectivity index (χ1v) is 7.64. The van der Waals surface area contributed by atoms with Gasteiger partial charge in [-0.2, -0.15) is 0 Å². The van der Waals surface area contributed by atoms with Gasteiger partial charge in [0.05, 0.1) is 0 Å². The quantitative estimate of drug-likeness (QED) is 0.831. The number of anilines is 1. The zero-order valence-corrected chi connectivity index (χ0v) is 12.5. The number of hydrogen-bond donors (Lipinski definition) is 1.